The maximum absolute atomic E-state index is 3.66. The summed E-state index contributed by atoms with van der Waals surface area (Å²) in [5.41, 5.74) is 1.48. The molecule has 1 aromatic rings. The van der Waals surface area contributed by atoms with Gasteiger partial charge in [0.25, 0.3) is 0 Å². The molecule has 1 aliphatic heterocycles. The molecule has 1 saturated heterocycles. The lowest BCUT2D eigenvalue weighted by Crippen LogP contribution is -2.38. The van der Waals surface area contributed by atoms with Crippen molar-refractivity contribution in [2.24, 2.45) is 0 Å². The largest absolute Gasteiger partial charge is 0.309 e. The molecule has 1 N–H and O–H groups in total. The van der Waals surface area contributed by atoms with Crippen LogP contribution < -0.4 is 5.32 Å². The number of aryl methyl sites for hydroxylation is 2. The molecule has 0 spiro atoms. The Morgan fingerprint density at radius 3 is 2.67 bits per heavy atom. The third kappa shape index (κ3) is 3.98. The van der Waals surface area contributed by atoms with Crippen LogP contribution in [0.3, 0.4) is 0 Å². The molecule has 4 heteroatoms. The van der Waals surface area contributed by atoms with Gasteiger partial charge in [-0.15, -0.1) is 11.3 Å². The van der Waals surface area contributed by atoms with Crippen LogP contribution in [0.5, 0.6) is 0 Å². The van der Waals surface area contributed by atoms with E-state index in [-0.39, 0.29) is 0 Å². The molecule has 0 saturated carbocycles. The number of hydrogen-bond acceptors (Lipinski definition) is 4. The van der Waals surface area contributed by atoms with Crippen LogP contribution in [0.25, 0.3) is 0 Å². The van der Waals surface area contributed by atoms with Gasteiger partial charge in [-0.25, -0.2) is 0 Å². The number of hydrogen-bond donors (Lipinski definition) is 1. The molecule has 0 radical (unpaired) electrons. The highest BCUT2D eigenvalue weighted by molar-refractivity contribution is 7.99. The van der Waals surface area contributed by atoms with Crippen molar-refractivity contribution in [3.05, 3.63) is 21.4 Å². The van der Waals surface area contributed by atoms with Gasteiger partial charge in [0.15, 0.2) is 0 Å². The number of thiophene rings is 1. The molecule has 2 rings (SSSR count). The minimum atomic E-state index is 0.481. The Labute approximate surface area is 119 Å². The van der Waals surface area contributed by atoms with E-state index in [2.05, 4.69) is 48.8 Å². The summed E-state index contributed by atoms with van der Waals surface area (Å²) in [6.07, 6.45) is 0. The lowest BCUT2D eigenvalue weighted by molar-refractivity contribution is 0.297. The summed E-state index contributed by atoms with van der Waals surface area (Å²) in [6.45, 7) is 11.5. The van der Waals surface area contributed by atoms with Gasteiger partial charge in [0.05, 0.1) is 0 Å². The molecule has 2 heterocycles. The van der Waals surface area contributed by atoms with Crippen molar-refractivity contribution < 1.29 is 0 Å². The third-order valence-corrected chi connectivity index (χ3v) is 5.45. The topological polar surface area (TPSA) is 15.3 Å². The quantitative estimate of drug-likeness (QED) is 0.894. The zero-order valence-corrected chi connectivity index (χ0v) is 13.3. The molecule has 1 unspecified atom stereocenters. The summed E-state index contributed by atoms with van der Waals surface area (Å²) in [6, 6.07) is 2.81. The minimum Gasteiger partial charge on any atom is -0.309 e. The molecule has 1 fully saturated rings. The molecule has 1 aliphatic rings. The molecular formula is C14H24N2S2. The Kier molecular flexibility index (Phi) is 5.55. The maximum Gasteiger partial charge on any atom is 0.0303 e. The van der Waals surface area contributed by atoms with Gasteiger partial charge >= 0.3 is 0 Å². The summed E-state index contributed by atoms with van der Waals surface area (Å²) in [5.74, 6) is 2.61. The molecular weight excluding hydrogens is 260 g/mol. The molecule has 0 aliphatic carbocycles. The fraction of sp³-hybridized carbons (Fsp3) is 0.714. The van der Waals surface area contributed by atoms with E-state index in [1.54, 1.807) is 0 Å². The Balaban J connectivity index is 1.74. The van der Waals surface area contributed by atoms with Crippen LogP contribution in [0, 0.1) is 13.8 Å². The summed E-state index contributed by atoms with van der Waals surface area (Å²) in [5, 5.41) is 3.66. The van der Waals surface area contributed by atoms with Crippen molar-refractivity contribution in [1.82, 2.24) is 10.2 Å². The predicted molar refractivity (Wildman–Crippen MR) is 84.0 cm³/mol. The van der Waals surface area contributed by atoms with Crippen molar-refractivity contribution in [2.75, 3.05) is 37.7 Å². The van der Waals surface area contributed by atoms with E-state index in [0.29, 0.717) is 6.04 Å². The first-order valence-corrected chi connectivity index (χ1v) is 8.74. The van der Waals surface area contributed by atoms with Gasteiger partial charge < -0.3 is 10.2 Å². The normalized spacial score (nSPS) is 19.1. The summed E-state index contributed by atoms with van der Waals surface area (Å²) in [7, 11) is 0. The zero-order valence-electron chi connectivity index (χ0n) is 11.7. The van der Waals surface area contributed by atoms with E-state index in [0.717, 1.165) is 6.54 Å². The summed E-state index contributed by atoms with van der Waals surface area (Å²) >= 11 is 3.99. The molecule has 1 atom stereocenters. The first kappa shape index (κ1) is 14.4. The first-order valence-electron chi connectivity index (χ1n) is 6.77. The Bertz CT molecular complexity index is 370. The zero-order chi connectivity index (χ0) is 13.0. The fourth-order valence-corrected chi connectivity index (χ4v) is 4.46. The molecule has 0 bridgehead atoms. The Morgan fingerprint density at radius 1 is 1.33 bits per heavy atom. The molecule has 0 amide bonds. The van der Waals surface area contributed by atoms with E-state index < -0.39 is 0 Å². The molecule has 1 aromatic heterocycles. The van der Waals surface area contributed by atoms with E-state index in [9.17, 15) is 0 Å². The fourth-order valence-electron chi connectivity index (χ4n) is 2.45. The second-order valence-corrected chi connectivity index (χ2v) is 7.68. The first-order chi connectivity index (χ1) is 8.66. The molecule has 0 aromatic carbocycles. The van der Waals surface area contributed by atoms with Gasteiger partial charge in [0.2, 0.25) is 0 Å². The van der Waals surface area contributed by atoms with Crippen molar-refractivity contribution in [3.63, 3.8) is 0 Å². The standard InChI is InChI=1S/C14H24N2S2/c1-11-10-14(13(3)18-11)12(2)15-4-5-16-6-8-17-9-7-16/h10,12,15H,4-9H2,1-3H3. The molecule has 18 heavy (non-hydrogen) atoms. The van der Waals surface area contributed by atoms with Crippen LogP contribution in [0.1, 0.15) is 28.3 Å². The average Bonchev–Trinajstić information content (AvgIpc) is 2.70. The monoisotopic (exact) mass is 284 g/mol. The lowest BCUT2D eigenvalue weighted by atomic mass is 10.1. The van der Waals surface area contributed by atoms with Crippen molar-refractivity contribution in [1.29, 1.82) is 0 Å². The van der Waals surface area contributed by atoms with E-state index >= 15 is 0 Å². The van der Waals surface area contributed by atoms with Gasteiger partial charge in [-0.05, 0) is 32.4 Å². The number of nitrogens with zero attached hydrogens (tertiary/aromatic N) is 1. The van der Waals surface area contributed by atoms with Crippen molar-refractivity contribution in [2.45, 2.75) is 26.8 Å². The van der Waals surface area contributed by atoms with Crippen LogP contribution in [0.2, 0.25) is 0 Å². The Hall–Kier alpha value is -0.0300. The van der Waals surface area contributed by atoms with Crippen LogP contribution in [0.4, 0.5) is 0 Å². The van der Waals surface area contributed by atoms with Gasteiger partial charge in [-0.1, -0.05) is 0 Å². The number of nitrogens with one attached hydrogen (secondary N) is 1. The molecule has 102 valence electrons. The SMILES string of the molecule is Cc1cc(C(C)NCCN2CCSCC2)c(C)s1. The van der Waals surface area contributed by atoms with E-state index in [1.807, 2.05) is 11.3 Å². The van der Waals surface area contributed by atoms with Crippen LogP contribution >= 0.6 is 23.1 Å². The van der Waals surface area contributed by atoms with Gasteiger partial charge in [0, 0.05) is 53.5 Å². The van der Waals surface area contributed by atoms with E-state index in [1.165, 1.54) is 46.5 Å². The lowest BCUT2D eigenvalue weighted by Gasteiger charge is -2.26. The van der Waals surface area contributed by atoms with Crippen molar-refractivity contribution >= 4 is 23.1 Å². The van der Waals surface area contributed by atoms with Crippen LogP contribution in [-0.2, 0) is 0 Å². The molecule has 2 nitrogen and oxygen atoms in total. The third-order valence-electron chi connectivity index (χ3n) is 3.53. The minimum absolute atomic E-state index is 0.481. The highest BCUT2D eigenvalue weighted by Crippen LogP contribution is 2.25. The van der Waals surface area contributed by atoms with Gasteiger partial charge in [0.1, 0.15) is 0 Å². The van der Waals surface area contributed by atoms with Crippen molar-refractivity contribution in [3.8, 4) is 0 Å². The average molecular weight is 284 g/mol. The van der Waals surface area contributed by atoms with Crippen LogP contribution in [-0.4, -0.2) is 42.6 Å². The summed E-state index contributed by atoms with van der Waals surface area (Å²) in [4.78, 5) is 5.45. The van der Waals surface area contributed by atoms with Crippen LogP contribution in [0.15, 0.2) is 6.07 Å². The maximum atomic E-state index is 3.66. The second-order valence-electron chi connectivity index (χ2n) is 5.00. The number of thioether (sulfide) groups is 1. The smallest absolute Gasteiger partial charge is 0.0303 e. The van der Waals surface area contributed by atoms with E-state index in [4.69, 9.17) is 0 Å². The second kappa shape index (κ2) is 6.94. The van der Waals surface area contributed by atoms with Gasteiger partial charge in [-0.3, -0.25) is 0 Å². The Morgan fingerprint density at radius 2 is 2.06 bits per heavy atom. The highest BCUT2D eigenvalue weighted by atomic mass is 32.2. The summed E-state index contributed by atoms with van der Waals surface area (Å²) < 4.78 is 0. The highest BCUT2D eigenvalue weighted by Gasteiger charge is 2.12. The predicted octanol–water partition coefficient (Wildman–Crippen LogP) is 3.06. The number of rotatable bonds is 5. The van der Waals surface area contributed by atoms with Gasteiger partial charge in [-0.2, -0.15) is 11.8 Å².